The van der Waals surface area contributed by atoms with Crippen LogP contribution in [-0.2, 0) is 45.9 Å². The normalized spacial score (nSPS) is 37.1. The fraction of sp³-hybridized carbons (Fsp3) is 0.759. The summed E-state index contributed by atoms with van der Waals surface area (Å²) in [6.45, 7) is 1.07. The molecular formula is C29H42N7O16P3S. The molecule has 3 heterocycles. The van der Waals surface area contributed by atoms with Crippen LogP contribution in [-0.4, -0.2) is 122 Å². The summed E-state index contributed by atoms with van der Waals surface area (Å²) in [5, 5.41) is 26.8. The third-order valence-electron chi connectivity index (χ3n) is 12.2. The maximum Gasteiger partial charge on any atom is 0.481 e. The van der Waals surface area contributed by atoms with Crippen LogP contribution >= 0.6 is 35.2 Å². The number of amides is 2. The molecule has 1 aliphatic heterocycles. The lowest BCUT2D eigenvalue weighted by Crippen LogP contribution is -3.07. The Hall–Kier alpha value is -2.11. The number of nitrogens with zero attached hydrogens (tertiary/aromatic N) is 4. The minimum absolute atomic E-state index is 0.0304. The standard InChI is InChI=1S/C29H42N7O16P3S/c1-28(2,23(39)26(40)32-4-3-12(37)31-5-6-56-29-17-14-13-15(17)19(29)16(13)18(14)29)8-49-55(46,47)52-54(44,45)48-7-11-22(51-53(41,42)43)21(38)27(50-11)36-10-35-20-24(30)33-9-34-25(20)36/h9-11,13-19,21-23,27,38-39H,3-8H2,1-2H3,(H,31,37)(H,32,40)(H,44,45)(H,46,47)(H2,30,33,34)(H2,41,42,43)/t11-,13?,14?,15?,16?,17?,18?,19?,21-,22-,23+,27-,29?/m1/s1. The van der Waals surface area contributed by atoms with Crippen molar-refractivity contribution in [1.82, 2.24) is 30.2 Å². The molecule has 9 rings (SSSR count). The van der Waals surface area contributed by atoms with Crippen LogP contribution in [0.1, 0.15) is 26.5 Å². The second kappa shape index (κ2) is 14.0. The number of nitrogens with one attached hydrogen (secondary N) is 2. The molecule has 23 nitrogen and oxygen atoms in total. The summed E-state index contributed by atoms with van der Waals surface area (Å²) < 4.78 is 62.8. The number of aliphatic hydroxyl groups is 2. The van der Waals surface area contributed by atoms with Crippen molar-refractivity contribution in [2.75, 3.05) is 37.8 Å². The zero-order chi connectivity index (χ0) is 40.3. The van der Waals surface area contributed by atoms with Crippen LogP contribution in [0.2, 0.25) is 0 Å². The second-order valence-corrected chi connectivity index (χ2v) is 21.3. The molecule has 0 bridgehead atoms. The highest BCUT2D eigenvalue weighted by Crippen LogP contribution is 3.04. The Kier molecular flexibility index (Phi) is 10.2. The number of aliphatic hydroxyl groups excluding tert-OH is 2. The van der Waals surface area contributed by atoms with Crippen molar-refractivity contribution >= 4 is 64.0 Å². The van der Waals surface area contributed by atoms with Gasteiger partial charge < -0.3 is 50.9 Å². The average Bonchev–Trinajstić information content (AvgIpc) is 3.68. The monoisotopic (exact) mass is 869 g/mol. The van der Waals surface area contributed by atoms with Gasteiger partial charge in [0.05, 0.1) is 19.5 Å². The van der Waals surface area contributed by atoms with Gasteiger partial charge in [0.2, 0.25) is 11.8 Å². The van der Waals surface area contributed by atoms with Crippen molar-refractivity contribution in [3.63, 3.8) is 0 Å². The van der Waals surface area contributed by atoms with Crippen LogP contribution in [0.3, 0.4) is 0 Å². The van der Waals surface area contributed by atoms with Crippen molar-refractivity contribution < 1.29 is 75.7 Å². The molecule has 1 saturated heterocycles. The lowest BCUT2D eigenvalue weighted by Gasteiger charge is -3.07. The fourth-order valence-corrected chi connectivity index (χ4v) is 14.9. The number of fused-ring (bicyclic) bond motifs is 1. The van der Waals surface area contributed by atoms with Gasteiger partial charge in [0, 0.05) is 35.4 Å². The number of imidazole rings is 1. The fourth-order valence-electron chi connectivity index (χ4n) is 9.97. The number of hydrogen-bond donors (Lipinski definition) is 9. The summed E-state index contributed by atoms with van der Waals surface area (Å²) in [7, 11) is -16.3. The van der Waals surface area contributed by atoms with Crippen LogP contribution in [0.15, 0.2) is 12.7 Å². The first-order valence-corrected chi connectivity index (χ1v) is 23.2. The first-order valence-electron chi connectivity index (χ1n) is 17.7. The van der Waals surface area contributed by atoms with Gasteiger partial charge in [-0.3, -0.25) is 27.7 Å². The van der Waals surface area contributed by atoms with E-state index in [1.54, 1.807) is 0 Å². The third kappa shape index (κ3) is 6.58. The Morgan fingerprint density at radius 1 is 1.02 bits per heavy atom. The molecule has 2 aromatic rings. The van der Waals surface area contributed by atoms with E-state index in [4.69, 9.17) is 19.5 Å². The van der Waals surface area contributed by atoms with Crippen molar-refractivity contribution in [1.29, 1.82) is 0 Å². The van der Waals surface area contributed by atoms with E-state index in [1.807, 2.05) is 11.8 Å². The molecule has 6 saturated carbocycles. The van der Waals surface area contributed by atoms with E-state index >= 15 is 0 Å². The number of nitrogens with two attached hydrogens (primary N) is 1. The van der Waals surface area contributed by atoms with E-state index < -0.39 is 78.6 Å². The molecule has 2 unspecified atom stereocenters. The van der Waals surface area contributed by atoms with Gasteiger partial charge in [0.25, 0.3) is 0 Å². The molecule has 2 aromatic heterocycles. The quantitative estimate of drug-likeness (QED) is 0.0584. The molecule has 0 radical (unpaired) electrons. The Bertz CT molecular complexity index is 2020. The number of ether oxygens (including phenoxy) is 1. The first-order chi connectivity index (χ1) is 26.2. The number of carbonyl (C=O) groups is 2. The van der Waals surface area contributed by atoms with E-state index in [-0.39, 0.29) is 35.9 Å². The smallest absolute Gasteiger partial charge is 0.386 e. The number of carbonyl (C=O) groups excluding carboxylic acids is 2. The summed E-state index contributed by atoms with van der Waals surface area (Å²) in [6.07, 6.45) is -6.63. The lowest BCUT2D eigenvalue weighted by atomic mass is 9.01. The maximum absolute atomic E-state index is 12.7. The minimum Gasteiger partial charge on any atom is -0.386 e. The van der Waals surface area contributed by atoms with Crippen LogP contribution in [0, 0.1) is 46.8 Å². The Balaban J connectivity index is 0.766. The molecule has 27 heteroatoms. The van der Waals surface area contributed by atoms with Gasteiger partial charge in [-0.2, -0.15) is 16.1 Å². The van der Waals surface area contributed by atoms with Crippen molar-refractivity contribution in [3.8, 4) is 0 Å². The largest absolute Gasteiger partial charge is 0.481 e. The number of aromatic nitrogens is 4. The molecule has 7 fully saturated rings. The number of rotatable bonds is 20. The molecule has 6 aliphatic carbocycles. The lowest BCUT2D eigenvalue weighted by molar-refractivity contribution is -0.545. The number of phosphoric acid groups is 3. The van der Waals surface area contributed by atoms with Gasteiger partial charge in [0.1, 0.15) is 36.3 Å². The Morgan fingerprint density at radius 3 is 2.34 bits per heavy atom. The van der Waals surface area contributed by atoms with E-state index in [0.29, 0.717) is 11.3 Å². The summed E-state index contributed by atoms with van der Waals surface area (Å²) in [5.41, 5.74) is 4.35. The molecular weight excluding hydrogens is 827 g/mol. The van der Waals surface area contributed by atoms with E-state index in [0.717, 1.165) is 64.4 Å². The van der Waals surface area contributed by atoms with Gasteiger partial charge in [0.15, 0.2) is 17.7 Å². The maximum atomic E-state index is 12.7. The number of phosphoric ester groups is 3. The third-order valence-corrected chi connectivity index (χ3v) is 17.1. The molecule has 7 atom stereocenters. The molecule has 7 aliphatic rings. The van der Waals surface area contributed by atoms with Gasteiger partial charge in [-0.25, -0.2) is 28.6 Å². The number of nitrogen functional groups attached to an aromatic ring is 1. The van der Waals surface area contributed by atoms with E-state index in [2.05, 4.69) is 34.4 Å². The van der Waals surface area contributed by atoms with Crippen LogP contribution in [0.4, 0.5) is 5.82 Å². The SMILES string of the molecule is CC(C)(COP(=O)(O)OP(=O)(O)OC[C@H]1O[C@@H](n2cnc3c(N)ncnc32)[C@H](O)[C@@H]1OP(=O)(O)O)[C@@H](O)C(=O)NCCC(=O)NCCSC12C3C4C5C3C1C5C42. The van der Waals surface area contributed by atoms with Crippen LogP contribution in [0.25, 0.3) is 11.2 Å². The molecule has 0 aromatic carbocycles. The van der Waals surface area contributed by atoms with E-state index in [9.17, 15) is 53.1 Å². The predicted octanol–water partition coefficient (Wildman–Crippen LogP) is -0.742. The molecule has 10 N–H and O–H groups in total. The predicted molar refractivity (Wildman–Crippen MR) is 189 cm³/mol. The Morgan fingerprint density at radius 2 is 1.68 bits per heavy atom. The Labute approximate surface area is 322 Å². The summed E-state index contributed by atoms with van der Waals surface area (Å²) in [4.78, 5) is 76.0. The topological polar surface area (TPSA) is 347 Å². The summed E-state index contributed by atoms with van der Waals surface area (Å²) in [5.74, 6) is 6.44. The number of thioether (sulfide) groups is 1. The summed E-state index contributed by atoms with van der Waals surface area (Å²) >= 11 is 2.00. The average molecular weight is 870 g/mol. The first kappa shape index (κ1) is 40.7. The van der Waals surface area contributed by atoms with Crippen molar-refractivity contribution in [3.05, 3.63) is 12.7 Å². The van der Waals surface area contributed by atoms with Gasteiger partial charge in [-0.1, -0.05) is 13.8 Å². The van der Waals surface area contributed by atoms with E-state index in [1.165, 1.54) is 13.8 Å². The zero-order valence-corrected chi connectivity index (χ0v) is 33.2. The highest BCUT2D eigenvalue weighted by Gasteiger charge is 3.04. The highest BCUT2D eigenvalue weighted by molar-refractivity contribution is 8.00. The molecule has 2 amide bonds. The minimum atomic E-state index is -5.54. The number of anilines is 1. The molecule has 0 spiro atoms. The van der Waals surface area contributed by atoms with Gasteiger partial charge in [-0.05, 0) is 41.4 Å². The van der Waals surface area contributed by atoms with Crippen LogP contribution in [0.5, 0.6) is 0 Å². The second-order valence-electron chi connectivity index (χ2n) is 15.7. The molecule has 310 valence electrons. The van der Waals surface area contributed by atoms with Crippen molar-refractivity contribution in [2.24, 2.45) is 46.8 Å². The zero-order valence-electron chi connectivity index (χ0n) is 29.7. The highest BCUT2D eigenvalue weighted by atomic mass is 32.2. The number of hydrogen-bond acceptors (Lipinski definition) is 17. The summed E-state index contributed by atoms with van der Waals surface area (Å²) in [6, 6.07) is 0. The van der Waals surface area contributed by atoms with Crippen molar-refractivity contribution in [2.45, 2.75) is 55.7 Å². The van der Waals surface area contributed by atoms with Crippen LogP contribution < -0.4 is 16.4 Å². The molecule has 56 heavy (non-hydrogen) atoms. The van der Waals surface area contributed by atoms with Gasteiger partial charge in [-0.15, -0.1) is 0 Å². The van der Waals surface area contributed by atoms with Gasteiger partial charge >= 0.3 is 23.5 Å².